The van der Waals surface area contributed by atoms with Crippen LogP contribution < -0.4 is 0 Å². The molecule has 1 saturated heterocycles. The molecule has 0 unspecified atom stereocenters. The number of aromatic nitrogens is 4. The van der Waals surface area contributed by atoms with E-state index in [1.807, 2.05) is 23.1 Å². The van der Waals surface area contributed by atoms with E-state index in [2.05, 4.69) is 39.0 Å². The Morgan fingerprint density at radius 2 is 1.95 bits per heavy atom. The first-order chi connectivity index (χ1) is 10.3. The predicted octanol–water partition coefficient (Wildman–Crippen LogP) is 2.19. The van der Waals surface area contributed by atoms with Crippen molar-refractivity contribution in [1.29, 1.82) is 0 Å². The third kappa shape index (κ3) is 3.94. The molecule has 0 spiro atoms. The van der Waals surface area contributed by atoms with Gasteiger partial charge in [0.2, 0.25) is 0 Å². The summed E-state index contributed by atoms with van der Waals surface area (Å²) in [5.74, 6) is 0.858. The Labute approximate surface area is 126 Å². The number of hydrogen-bond acceptors (Lipinski definition) is 3. The van der Waals surface area contributed by atoms with Crippen molar-refractivity contribution in [2.24, 2.45) is 5.92 Å². The van der Waals surface area contributed by atoms with Crippen LogP contribution in [0.4, 0.5) is 0 Å². The minimum Gasteiger partial charge on any atom is -0.301 e. The molecule has 1 aliphatic heterocycles. The maximum absolute atomic E-state index is 4.35. The van der Waals surface area contributed by atoms with E-state index in [4.69, 9.17) is 0 Å². The third-order valence-electron chi connectivity index (χ3n) is 4.59. The first-order valence-electron chi connectivity index (χ1n) is 7.99. The summed E-state index contributed by atoms with van der Waals surface area (Å²) in [6.07, 6.45) is 9.70. The molecule has 1 fully saturated rings. The van der Waals surface area contributed by atoms with Gasteiger partial charge in [0.1, 0.15) is 0 Å². The second-order valence-electron chi connectivity index (χ2n) is 6.04. The van der Waals surface area contributed by atoms with E-state index < -0.39 is 0 Å². The van der Waals surface area contributed by atoms with E-state index in [-0.39, 0.29) is 0 Å². The second-order valence-corrected chi connectivity index (χ2v) is 6.04. The highest BCUT2D eigenvalue weighted by molar-refractivity contribution is 4.96. The van der Waals surface area contributed by atoms with E-state index in [9.17, 15) is 0 Å². The van der Waals surface area contributed by atoms with Crippen LogP contribution in [0.2, 0.25) is 0 Å². The molecule has 5 heteroatoms. The van der Waals surface area contributed by atoms with Gasteiger partial charge in [-0.25, -0.2) is 0 Å². The van der Waals surface area contributed by atoms with Crippen LogP contribution in [0, 0.1) is 12.8 Å². The smallest absolute Gasteiger partial charge is 0.0539 e. The maximum atomic E-state index is 4.35. The van der Waals surface area contributed by atoms with Crippen molar-refractivity contribution in [2.45, 2.75) is 39.3 Å². The molecule has 21 heavy (non-hydrogen) atoms. The summed E-state index contributed by atoms with van der Waals surface area (Å²) in [6.45, 7) is 7.76. The Hall–Kier alpha value is -1.62. The molecule has 114 valence electrons. The standard InChI is InChI=1S/C16H25N5/c1-15-3-8-18-21(15)14-13-19-10-4-16(5-11-19)6-12-20-9-2-7-17-20/h2-3,7-9,16H,4-6,10-14H2,1H3. The monoisotopic (exact) mass is 287 g/mol. The Bertz CT molecular complexity index is 523. The van der Waals surface area contributed by atoms with Gasteiger partial charge in [0.05, 0.1) is 6.54 Å². The Kier molecular flexibility index (Phi) is 4.70. The number of likely N-dealkylation sites (tertiary alicyclic amines) is 1. The zero-order valence-electron chi connectivity index (χ0n) is 12.9. The molecule has 3 heterocycles. The number of hydrogen-bond donors (Lipinski definition) is 0. The average Bonchev–Trinajstić information content (AvgIpc) is 3.16. The molecule has 0 aromatic carbocycles. The summed E-state index contributed by atoms with van der Waals surface area (Å²) in [5.41, 5.74) is 1.25. The van der Waals surface area contributed by atoms with Crippen molar-refractivity contribution < 1.29 is 0 Å². The van der Waals surface area contributed by atoms with Crippen LogP contribution in [0.1, 0.15) is 25.0 Å². The van der Waals surface area contributed by atoms with Crippen LogP contribution >= 0.6 is 0 Å². The van der Waals surface area contributed by atoms with Crippen molar-refractivity contribution in [1.82, 2.24) is 24.5 Å². The molecule has 0 saturated carbocycles. The zero-order chi connectivity index (χ0) is 14.5. The Balaban J connectivity index is 1.36. The molecule has 5 nitrogen and oxygen atoms in total. The van der Waals surface area contributed by atoms with Gasteiger partial charge >= 0.3 is 0 Å². The van der Waals surface area contributed by atoms with Crippen molar-refractivity contribution >= 4 is 0 Å². The van der Waals surface area contributed by atoms with Crippen LogP contribution in [-0.2, 0) is 13.1 Å². The normalized spacial score (nSPS) is 17.4. The van der Waals surface area contributed by atoms with Crippen molar-refractivity contribution in [3.8, 4) is 0 Å². The van der Waals surface area contributed by atoms with Crippen LogP contribution in [0.3, 0.4) is 0 Å². The molecule has 0 N–H and O–H groups in total. The van der Waals surface area contributed by atoms with Gasteiger partial charge in [0.15, 0.2) is 0 Å². The fraction of sp³-hybridized carbons (Fsp3) is 0.625. The van der Waals surface area contributed by atoms with Gasteiger partial charge in [0.25, 0.3) is 0 Å². The minimum absolute atomic E-state index is 0.858. The molecule has 2 aromatic heterocycles. The predicted molar refractivity (Wildman–Crippen MR) is 83.0 cm³/mol. The van der Waals surface area contributed by atoms with Gasteiger partial charge < -0.3 is 4.90 Å². The molecular formula is C16H25N5. The molecule has 0 atom stereocenters. The number of aryl methyl sites for hydroxylation is 2. The Morgan fingerprint density at radius 3 is 2.62 bits per heavy atom. The van der Waals surface area contributed by atoms with E-state index in [1.165, 1.54) is 38.0 Å². The first-order valence-corrected chi connectivity index (χ1v) is 7.99. The highest BCUT2D eigenvalue weighted by Crippen LogP contribution is 2.21. The summed E-state index contributed by atoms with van der Waals surface area (Å²) in [7, 11) is 0. The van der Waals surface area contributed by atoms with Gasteiger partial charge in [0, 0.05) is 37.4 Å². The van der Waals surface area contributed by atoms with Crippen LogP contribution in [0.15, 0.2) is 30.7 Å². The van der Waals surface area contributed by atoms with Gasteiger partial charge in [-0.1, -0.05) is 0 Å². The number of nitrogens with zero attached hydrogens (tertiary/aromatic N) is 5. The zero-order valence-corrected chi connectivity index (χ0v) is 12.9. The van der Waals surface area contributed by atoms with E-state index in [1.54, 1.807) is 0 Å². The van der Waals surface area contributed by atoms with Crippen LogP contribution in [0.5, 0.6) is 0 Å². The lowest BCUT2D eigenvalue weighted by Crippen LogP contribution is -2.36. The lowest BCUT2D eigenvalue weighted by atomic mass is 9.93. The van der Waals surface area contributed by atoms with Crippen LogP contribution in [0.25, 0.3) is 0 Å². The highest BCUT2D eigenvalue weighted by atomic mass is 15.3. The molecular weight excluding hydrogens is 262 g/mol. The van der Waals surface area contributed by atoms with Crippen LogP contribution in [-0.4, -0.2) is 44.1 Å². The van der Waals surface area contributed by atoms with Gasteiger partial charge in [-0.05, 0) is 57.3 Å². The lowest BCUT2D eigenvalue weighted by molar-refractivity contribution is 0.168. The fourth-order valence-electron chi connectivity index (χ4n) is 3.12. The quantitative estimate of drug-likeness (QED) is 0.817. The topological polar surface area (TPSA) is 38.9 Å². The highest BCUT2D eigenvalue weighted by Gasteiger charge is 2.19. The maximum Gasteiger partial charge on any atom is 0.0539 e. The van der Waals surface area contributed by atoms with E-state index >= 15 is 0 Å². The number of rotatable bonds is 6. The molecule has 1 aliphatic rings. The number of piperidine rings is 1. The summed E-state index contributed by atoms with van der Waals surface area (Å²) in [5, 5.41) is 8.63. The summed E-state index contributed by atoms with van der Waals surface area (Å²) in [6, 6.07) is 4.07. The molecule has 3 rings (SSSR count). The summed E-state index contributed by atoms with van der Waals surface area (Å²) < 4.78 is 4.15. The first kappa shape index (κ1) is 14.3. The van der Waals surface area contributed by atoms with Gasteiger partial charge in [-0.15, -0.1) is 0 Å². The summed E-state index contributed by atoms with van der Waals surface area (Å²) >= 11 is 0. The lowest BCUT2D eigenvalue weighted by Gasteiger charge is -2.32. The van der Waals surface area contributed by atoms with Crippen molar-refractivity contribution in [3.63, 3.8) is 0 Å². The largest absolute Gasteiger partial charge is 0.301 e. The minimum atomic E-state index is 0.858. The van der Waals surface area contributed by atoms with Crippen molar-refractivity contribution in [2.75, 3.05) is 19.6 Å². The Morgan fingerprint density at radius 1 is 1.10 bits per heavy atom. The third-order valence-corrected chi connectivity index (χ3v) is 4.59. The summed E-state index contributed by atoms with van der Waals surface area (Å²) in [4.78, 5) is 2.57. The fourth-order valence-corrected chi connectivity index (χ4v) is 3.12. The SMILES string of the molecule is Cc1ccnn1CCN1CCC(CCn2cccn2)CC1. The molecule has 0 amide bonds. The molecule has 0 bridgehead atoms. The van der Waals surface area contributed by atoms with E-state index in [0.29, 0.717) is 0 Å². The molecule has 0 aliphatic carbocycles. The van der Waals surface area contributed by atoms with Crippen molar-refractivity contribution in [3.05, 3.63) is 36.4 Å². The van der Waals surface area contributed by atoms with Gasteiger partial charge in [-0.2, -0.15) is 10.2 Å². The molecule has 0 radical (unpaired) electrons. The molecule has 2 aromatic rings. The second kappa shape index (κ2) is 6.89. The van der Waals surface area contributed by atoms with Gasteiger partial charge in [-0.3, -0.25) is 9.36 Å². The van der Waals surface area contributed by atoms with E-state index in [0.717, 1.165) is 25.6 Å². The average molecular weight is 287 g/mol.